The molecule has 1 atom stereocenters. The van der Waals surface area contributed by atoms with Crippen LogP contribution in [-0.2, 0) is 0 Å². The van der Waals surface area contributed by atoms with Gasteiger partial charge in [0.2, 0.25) is 0 Å². The molecule has 0 fully saturated rings. The van der Waals surface area contributed by atoms with Crippen molar-refractivity contribution in [1.29, 1.82) is 0 Å². The first-order valence-corrected chi connectivity index (χ1v) is 5.33. The number of anilines is 2. The molecule has 0 aromatic carbocycles. The molecule has 0 saturated heterocycles. The van der Waals surface area contributed by atoms with Crippen LogP contribution in [0.3, 0.4) is 0 Å². The first kappa shape index (κ1) is 12.5. The number of aromatic nitrogens is 2. The summed E-state index contributed by atoms with van der Waals surface area (Å²) in [4.78, 5) is 17.5. The van der Waals surface area contributed by atoms with Crippen molar-refractivity contribution in [3.8, 4) is 0 Å². The largest absolute Gasteiger partial charge is 0.391 e. The summed E-state index contributed by atoms with van der Waals surface area (Å²) in [6.07, 6.45) is 2.23. The van der Waals surface area contributed by atoms with Gasteiger partial charge in [0.15, 0.2) is 5.82 Å². The first-order valence-electron chi connectivity index (χ1n) is 5.33. The van der Waals surface area contributed by atoms with E-state index in [-0.39, 0.29) is 17.3 Å². The van der Waals surface area contributed by atoms with E-state index in [2.05, 4.69) is 29.1 Å². The molecule has 0 spiro atoms. The van der Waals surface area contributed by atoms with E-state index in [4.69, 9.17) is 11.5 Å². The Labute approximate surface area is 94.5 Å². The monoisotopic (exact) mass is 225 g/mol. The molecule has 16 heavy (non-hydrogen) atoms. The summed E-state index contributed by atoms with van der Waals surface area (Å²) in [5, 5.41) is 2.98. The van der Waals surface area contributed by atoms with Gasteiger partial charge in [0.1, 0.15) is 5.69 Å². The molecule has 1 aromatic rings. The van der Waals surface area contributed by atoms with E-state index in [1.54, 1.807) is 0 Å². The highest BCUT2D eigenvalue weighted by atomic mass is 16.1. The lowest BCUT2D eigenvalue weighted by Gasteiger charge is -2.15. The zero-order valence-electron chi connectivity index (χ0n) is 9.66. The molecule has 1 rings (SSSR count). The van der Waals surface area contributed by atoms with Gasteiger partial charge in [-0.1, -0.05) is 13.8 Å². The fraction of sp³-hybridized carbons (Fsp3) is 0.600. The predicted octanol–water partition coefficient (Wildman–Crippen LogP) is 0.137. The Hall–Kier alpha value is -1.56. The quantitative estimate of drug-likeness (QED) is 0.569. The van der Waals surface area contributed by atoms with Crippen molar-refractivity contribution in [2.24, 2.45) is 11.7 Å². The zero-order chi connectivity index (χ0) is 12.1. The van der Waals surface area contributed by atoms with Crippen LogP contribution in [0.5, 0.6) is 0 Å². The van der Waals surface area contributed by atoms with Crippen molar-refractivity contribution in [3.05, 3.63) is 16.7 Å². The lowest BCUT2D eigenvalue weighted by atomic mass is 10.0. The highest BCUT2D eigenvalue weighted by Gasteiger charge is 2.08. The molecular weight excluding hydrogens is 206 g/mol. The Bertz CT molecular complexity index is 387. The lowest BCUT2D eigenvalue weighted by molar-refractivity contribution is 0.508. The molecule has 0 aliphatic carbocycles. The van der Waals surface area contributed by atoms with Gasteiger partial charge in [0.05, 0.1) is 6.33 Å². The third-order valence-electron chi connectivity index (χ3n) is 2.19. The van der Waals surface area contributed by atoms with Crippen molar-refractivity contribution in [1.82, 2.24) is 9.97 Å². The van der Waals surface area contributed by atoms with Crippen LogP contribution in [-0.4, -0.2) is 22.6 Å². The Morgan fingerprint density at radius 3 is 2.88 bits per heavy atom. The third kappa shape index (κ3) is 3.54. The van der Waals surface area contributed by atoms with E-state index in [0.717, 1.165) is 6.42 Å². The SMILES string of the molecule is CC(C)CC(N)CNc1nc[nH]c(=O)c1N. The van der Waals surface area contributed by atoms with Crippen LogP contribution < -0.4 is 22.3 Å². The van der Waals surface area contributed by atoms with E-state index in [9.17, 15) is 4.79 Å². The second-order valence-corrected chi connectivity index (χ2v) is 4.26. The van der Waals surface area contributed by atoms with Gasteiger partial charge in [-0.25, -0.2) is 4.98 Å². The van der Waals surface area contributed by atoms with Crippen LogP contribution in [0.15, 0.2) is 11.1 Å². The second-order valence-electron chi connectivity index (χ2n) is 4.26. The van der Waals surface area contributed by atoms with Gasteiger partial charge in [-0.3, -0.25) is 4.79 Å². The van der Waals surface area contributed by atoms with Crippen molar-refractivity contribution in [2.45, 2.75) is 26.3 Å². The summed E-state index contributed by atoms with van der Waals surface area (Å²) >= 11 is 0. The van der Waals surface area contributed by atoms with Crippen molar-refractivity contribution in [3.63, 3.8) is 0 Å². The minimum Gasteiger partial charge on any atom is -0.391 e. The van der Waals surface area contributed by atoms with E-state index in [0.29, 0.717) is 18.3 Å². The molecule has 1 unspecified atom stereocenters. The van der Waals surface area contributed by atoms with Gasteiger partial charge >= 0.3 is 0 Å². The summed E-state index contributed by atoms with van der Waals surface area (Å²) < 4.78 is 0. The molecule has 0 bridgehead atoms. The third-order valence-corrected chi connectivity index (χ3v) is 2.19. The Morgan fingerprint density at radius 2 is 2.25 bits per heavy atom. The Balaban J connectivity index is 2.55. The second kappa shape index (κ2) is 5.50. The summed E-state index contributed by atoms with van der Waals surface area (Å²) in [5.41, 5.74) is 11.2. The molecule has 0 aliphatic rings. The summed E-state index contributed by atoms with van der Waals surface area (Å²) in [7, 11) is 0. The standard InChI is InChI=1S/C10H19N5O/c1-6(2)3-7(11)4-13-9-8(12)10(16)15-5-14-9/h5-7H,3-4,11-12H2,1-2H3,(H2,13,14,15,16). The number of aromatic amines is 1. The summed E-state index contributed by atoms with van der Waals surface area (Å²) in [5.74, 6) is 0.934. The van der Waals surface area contributed by atoms with Gasteiger partial charge in [0.25, 0.3) is 5.56 Å². The highest BCUT2D eigenvalue weighted by molar-refractivity contribution is 5.58. The number of rotatable bonds is 5. The Morgan fingerprint density at radius 1 is 1.56 bits per heavy atom. The zero-order valence-corrected chi connectivity index (χ0v) is 9.66. The fourth-order valence-corrected chi connectivity index (χ4v) is 1.47. The van der Waals surface area contributed by atoms with Crippen LogP contribution in [0.2, 0.25) is 0 Å². The molecule has 6 N–H and O–H groups in total. The van der Waals surface area contributed by atoms with Crippen molar-refractivity contribution in [2.75, 3.05) is 17.6 Å². The van der Waals surface area contributed by atoms with E-state index >= 15 is 0 Å². The average Bonchev–Trinajstić information content (AvgIpc) is 2.19. The van der Waals surface area contributed by atoms with Crippen LogP contribution in [0.25, 0.3) is 0 Å². The van der Waals surface area contributed by atoms with Crippen molar-refractivity contribution >= 4 is 11.5 Å². The van der Waals surface area contributed by atoms with E-state index in [1.165, 1.54) is 6.33 Å². The molecule has 1 aromatic heterocycles. The van der Waals surface area contributed by atoms with E-state index in [1.807, 2.05) is 0 Å². The Kier molecular flexibility index (Phi) is 4.30. The van der Waals surface area contributed by atoms with Gasteiger partial charge in [-0.05, 0) is 12.3 Å². The molecule has 0 amide bonds. The smallest absolute Gasteiger partial charge is 0.276 e. The van der Waals surface area contributed by atoms with Gasteiger partial charge < -0.3 is 21.8 Å². The molecule has 90 valence electrons. The first-order chi connectivity index (χ1) is 7.50. The van der Waals surface area contributed by atoms with E-state index < -0.39 is 0 Å². The molecule has 6 heteroatoms. The summed E-state index contributed by atoms with van der Waals surface area (Å²) in [6, 6.07) is 0.0282. The number of nitrogens with one attached hydrogen (secondary N) is 2. The molecular formula is C10H19N5O. The molecule has 0 radical (unpaired) electrons. The maximum Gasteiger partial charge on any atom is 0.276 e. The maximum absolute atomic E-state index is 11.2. The maximum atomic E-state index is 11.2. The summed E-state index contributed by atoms with van der Waals surface area (Å²) in [6.45, 7) is 4.78. The van der Waals surface area contributed by atoms with Gasteiger partial charge in [-0.15, -0.1) is 0 Å². The number of nitrogen functional groups attached to an aromatic ring is 1. The van der Waals surface area contributed by atoms with Crippen LogP contribution in [0.1, 0.15) is 20.3 Å². The number of nitrogens with zero attached hydrogens (tertiary/aromatic N) is 1. The predicted molar refractivity (Wildman–Crippen MR) is 65.2 cm³/mol. The molecule has 6 nitrogen and oxygen atoms in total. The highest BCUT2D eigenvalue weighted by Crippen LogP contribution is 2.08. The van der Waals surface area contributed by atoms with Crippen LogP contribution in [0.4, 0.5) is 11.5 Å². The van der Waals surface area contributed by atoms with Crippen LogP contribution in [0, 0.1) is 5.92 Å². The number of hydrogen-bond donors (Lipinski definition) is 4. The molecule has 1 heterocycles. The van der Waals surface area contributed by atoms with Gasteiger partial charge in [0, 0.05) is 12.6 Å². The minimum atomic E-state index is -0.338. The normalized spacial score (nSPS) is 12.8. The fourth-order valence-electron chi connectivity index (χ4n) is 1.47. The molecule has 0 saturated carbocycles. The number of nitrogens with two attached hydrogens (primary N) is 2. The number of hydrogen-bond acceptors (Lipinski definition) is 5. The van der Waals surface area contributed by atoms with Crippen molar-refractivity contribution < 1.29 is 0 Å². The average molecular weight is 225 g/mol. The number of H-pyrrole nitrogens is 1. The van der Waals surface area contributed by atoms with Crippen LogP contribution >= 0.6 is 0 Å². The topological polar surface area (TPSA) is 110 Å². The van der Waals surface area contributed by atoms with Gasteiger partial charge in [-0.2, -0.15) is 0 Å². The lowest BCUT2D eigenvalue weighted by Crippen LogP contribution is -2.31. The molecule has 0 aliphatic heterocycles. The minimum absolute atomic E-state index is 0.0282.